The van der Waals surface area contributed by atoms with Crippen LogP contribution in [-0.2, 0) is 7.05 Å². The van der Waals surface area contributed by atoms with Gasteiger partial charge in [0.05, 0.1) is 10.9 Å². The van der Waals surface area contributed by atoms with Crippen molar-refractivity contribution in [2.45, 2.75) is 77.5 Å². The summed E-state index contributed by atoms with van der Waals surface area (Å²) in [5, 5.41) is 2.10. The molecule has 30 heavy (non-hydrogen) atoms. The van der Waals surface area contributed by atoms with Crippen LogP contribution < -0.4 is 4.57 Å². The molecule has 1 aromatic heterocycles. The van der Waals surface area contributed by atoms with E-state index in [1.165, 1.54) is 37.4 Å². The zero-order chi connectivity index (χ0) is 25.9. The summed E-state index contributed by atoms with van der Waals surface area (Å²) in [5.74, 6) is -1.14. The Morgan fingerprint density at radius 1 is 1.13 bits per heavy atom. The Labute approximate surface area is 191 Å². The molecule has 1 nitrogen and oxygen atoms in total. The summed E-state index contributed by atoms with van der Waals surface area (Å²) in [4.78, 5) is 0. The molecule has 4 rings (SSSR count). The van der Waals surface area contributed by atoms with Gasteiger partial charge in [-0.3, -0.25) is 0 Å². The zero-order valence-corrected chi connectivity index (χ0v) is 20.3. The van der Waals surface area contributed by atoms with Crippen LogP contribution in [0, 0.1) is 13.8 Å². The van der Waals surface area contributed by atoms with Crippen molar-refractivity contribution in [2.24, 2.45) is 7.05 Å². The fourth-order valence-electron chi connectivity index (χ4n) is 4.96. The van der Waals surface area contributed by atoms with Gasteiger partial charge in [0.25, 0.3) is 0 Å². The molecular weight excluding hydrogens is 378 g/mol. The van der Waals surface area contributed by atoms with E-state index in [2.05, 4.69) is 31.3 Å². The second kappa shape index (κ2) is 7.96. The van der Waals surface area contributed by atoms with E-state index in [0.29, 0.717) is 17.7 Å². The smallest absolute Gasteiger partial charge is 0.200 e. The van der Waals surface area contributed by atoms with Gasteiger partial charge >= 0.3 is 0 Å². The summed E-state index contributed by atoms with van der Waals surface area (Å²) < 4.78 is 43.1. The van der Waals surface area contributed by atoms with Crippen LogP contribution in [0.1, 0.15) is 67.5 Å². The Balaban J connectivity index is 1.89. The van der Waals surface area contributed by atoms with Gasteiger partial charge in [-0.05, 0) is 78.3 Å². The fraction of sp³-hybridized carbons (Fsp3) is 0.464. The van der Waals surface area contributed by atoms with Gasteiger partial charge in [0.15, 0.2) is 6.17 Å². The Bertz CT molecular complexity index is 1280. The maximum Gasteiger partial charge on any atom is 0.220 e. The molecule has 0 radical (unpaired) electrons. The van der Waals surface area contributed by atoms with Crippen molar-refractivity contribution in [3.63, 3.8) is 0 Å². The molecule has 2 aromatic carbocycles. The second-order valence-corrected chi connectivity index (χ2v) is 15.4. The van der Waals surface area contributed by atoms with E-state index in [4.69, 9.17) is 6.85 Å². The molecule has 1 atom stereocenters. The molecule has 0 saturated carbocycles. The highest BCUT2D eigenvalue weighted by molar-refractivity contribution is 6.77. The predicted molar refractivity (Wildman–Crippen MR) is 133 cm³/mol. The summed E-state index contributed by atoms with van der Waals surface area (Å²) in [6, 6.07) is 15.1. The molecule has 0 amide bonds. The van der Waals surface area contributed by atoms with Crippen LogP contribution in [0.2, 0.25) is 25.2 Å². The molecule has 1 fully saturated rings. The van der Waals surface area contributed by atoms with Gasteiger partial charge in [-0.15, -0.1) is 0 Å². The van der Waals surface area contributed by atoms with E-state index in [0.717, 1.165) is 33.2 Å². The molecule has 0 aliphatic carbocycles. The summed E-state index contributed by atoms with van der Waals surface area (Å²) in [5.41, 5.74) is 5.63. The molecule has 3 aromatic rings. The Kier molecular flexibility index (Phi) is 4.19. The number of pyridine rings is 1. The molecule has 0 spiro atoms. The summed E-state index contributed by atoms with van der Waals surface area (Å²) >= 11 is 0. The standard InChI is InChI=1S/C28H38NSi/c1-19(2)25-16-20(3)21(4)27(18-25)28-26-9-8-23(17-24(26)10-13-29(28)5)22-11-14-30(6,7)15-12-22/h8-10,13,16-19,22H,11-12,14-15H2,1-7H3/q+1/i1D3,13D,19D. The Morgan fingerprint density at radius 2 is 1.87 bits per heavy atom. The zero-order valence-electron chi connectivity index (χ0n) is 24.3. The van der Waals surface area contributed by atoms with Gasteiger partial charge in [-0.25, -0.2) is 4.57 Å². The third-order valence-corrected chi connectivity index (χ3v) is 10.5. The number of nitrogens with zero attached hydrogens (tertiary/aromatic N) is 1. The van der Waals surface area contributed by atoms with Crippen LogP contribution >= 0.6 is 0 Å². The van der Waals surface area contributed by atoms with Crippen LogP contribution in [0.3, 0.4) is 0 Å². The van der Waals surface area contributed by atoms with E-state index in [1.54, 1.807) is 0 Å². The average Bonchev–Trinajstić information content (AvgIpc) is 2.76. The number of aromatic nitrogens is 1. The lowest BCUT2D eigenvalue weighted by atomic mass is 9.89. The molecular formula is C28H38NSi+. The monoisotopic (exact) mass is 421 g/mol. The maximum absolute atomic E-state index is 8.70. The molecule has 1 saturated heterocycles. The number of hydrogen-bond acceptors (Lipinski definition) is 0. The van der Waals surface area contributed by atoms with E-state index in [-0.39, 0.29) is 0 Å². The summed E-state index contributed by atoms with van der Waals surface area (Å²) in [7, 11) is 0.870. The van der Waals surface area contributed by atoms with Gasteiger partial charge in [-0.2, -0.15) is 0 Å². The molecule has 158 valence electrons. The fourth-order valence-corrected chi connectivity index (χ4v) is 7.47. The first-order valence-electron chi connectivity index (χ1n) is 13.7. The van der Waals surface area contributed by atoms with Gasteiger partial charge in [0.1, 0.15) is 8.42 Å². The SMILES string of the molecule is [2H]c1cc2cc(C3CC[Si](C)(C)CC3)ccc2c(-c2cc(C([2H])(C)C([2H])([2H])[2H])cc(C)c2C)[n+]1C. The molecule has 1 unspecified atom stereocenters. The molecule has 2 heteroatoms. The lowest BCUT2D eigenvalue weighted by molar-refractivity contribution is -0.659. The molecule has 2 heterocycles. The second-order valence-electron chi connectivity index (χ2n) is 10.1. The number of aryl methyl sites for hydroxylation is 1. The van der Waals surface area contributed by atoms with E-state index in [9.17, 15) is 0 Å². The third kappa shape index (κ3) is 3.99. The number of fused-ring (bicyclic) bond motifs is 1. The van der Waals surface area contributed by atoms with Crippen LogP contribution in [-0.4, -0.2) is 8.07 Å². The largest absolute Gasteiger partial charge is 0.220 e. The first kappa shape index (κ1) is 15.8. The number of rotatable bonds is 3. The Hall–Kier alpha value is -1.93. The normalized spacial score (nSPS) is 21.9. The number of hydrogen-bond donors (Lipinski definition) is 0. The Morgan fingerprint density at radius 3 is 2.57 bits per heavy atom. The van der Waals surface area contributed by atoms with Crippen molar-refractivity contribution in [2.75, 3.05) is 0 Å². The van der Waals surface area contributed by atoms with Crippen LogP contribution in [0.25, 0.3) is 22.0 Å². The van der Waals surface area contributed by atoms with E-state index >= 15 is 0 Å². The topological polar surface area (TPSA) is 3.88 Å². The van der Waals surface area contributed by atoms with Crippen LogP contribution in [0.4, 0.5) is 0 Å². The van der Waals surface area contributed by atoms with Crippen molar-refractivity contribution < 1.29 is 11.4 Å². The quantitative estimate of drug-likeness (QED) is 0.302. The van der Waals surface area contributed by atoms with Crippen molar-refractivity contribution in [3.05, 3.63) is 64.8 Å². The minimum atomic E-state index is -2.44. The third-order valence-electron chi connectivity index (χ3n) is 7.25. The minimum Gasteiger partial charge on any atom is -0.200 e. The van der Waals surface area contributed by atoms with Gasteiger partial charge in [-0.1, -0.05) is 57.2 Å². The van der Waals surface area contributed by atoms with Gasteiger partial charge in [0.2, 0.25) is 5.69 Å². The van der Waals surface area contributed by atoms with Gasteiger partial charge < -0.3 is 0 Å². The minimum absolute atomic E-state index is 0.411. The molecule has 0 N–H and O–H groups in total. The molecule has 0 bridgehead atoms. The average molecular weight is 422 g/mol. The first-order valence-corrected chi connectivity index (χ1v) is 14.6. The van der Waals surface area contributed by atoms with Crippen molar-refractivity contribution in [3.8, 4) is 11.3 Å². The van der Waals surface area contributed by atoms with Crippen LogP contribution in [0.5, 0.6) is 0 Å². The summed E-state index contributed by atoms with van der Waals surface area (Å²) in [6.45, 7) is 8.02. The lowest BCUT2D eigenvalue weighted by Gasteiger charge is -2.33. The lowest BCUT2D eigenvalue weighted by Crippen LogP contribution is -2.31. The van der Waals surface area contributed by atoms with Crippen LogP contribution in [0.15, 0.2) is 42.6 Å². The van der Waals surface area contributed by atoms with E-state index in [1.807, 2.05) is 43.7 Å². The highest BCUT2D eigenvalue weighted by Gasteiger charge is 2.29. The van der Waals surface area contributed by atoms with Crippen molar-refractivity contribution in [1.82, 2.24) is 0 Å². The number of benzene rings is 2. The molecule has 1 aliphatic heterocycles. The predicted octanol–water partition coefficient (Wildman–Crippen LogP) is 7.66. The van der Waals surface area contributed by atoms with E-state index < -0.39 is 20.8 Å². The highest BCUT2D eigenvalue weighted by atomic mass is 28.3. The summed E-state index contributed by atoms with van der Waals surface area (Å²) in [6.07, 6.45) is 2.92. The molecule has 1 aliphatic rings. The van der Waals surface area contributed by atoms with Gasteiger partial charge in [0, 0.05) is 19.6 Å². The van der Waals surface area contributed by atoms with Crippen molar-refractivity contribution in [1.29, 1.82) is 0 Å². The first-order chi connectivity index (χ1) is 16.1. The maximum atomic E-state index is 8.70. The van der Waals surface area contributed by atoms with Crippen molar-refractivity contribution >= 4 is 18.8 Å². The highest BCUT2D eigenvalue weighted by Crippen LogP contribution is 2.40.